The topological polar surface area (TPSA) is 0 Å². The van der Waals surface area contributed by atoms with Crippen molar-refractivity contribution < 1.29 is 0 Å². The average molecular weight is 335 g/mol. The molecule has 2 aromatic carbocycles. The van der Waals surface area contributed by atoms with Gasteiger partial charge in [-0.05, 0) is 64.2 Å². The Bertz CT molecular complexity index is 929. The van der Waals surface area contributed by atoms with E-state index in [4.69, 9.17) is 11.6 Å². The lowest BCUT2D eigenvalue weighted by Crippen LogP contribution is -2.71. The summed E-state index contributed by atoms with van der Waals surface area (Å²) in [7, 11) is 0. The van der Waals surface area contributed by atoms with Crippen LogP contribution in [0.1, 0.15) is 51.2 Å². The van der Waals surface area contributed by atoms with Gasteiger partial charge in [0.05, 0.1) is 0 Å². The number of benzene rings is 2. The number of halogens is 1. The molecule has 0 aliphatic heterocycles. The van der Waals surface area contributed by atoms with Gasteiger partial charge in [0.15, 0.2) is 0 Å². The van der Waals surface area contributed by atoms with Gasteiger partial charge in [0.2, 0.25) is 0 Å². The fraction of sp³-hybridized carbons (Fsp3) is 0.478. The molecule has 4 aliphatic carbocycles. The van der Waals surface area contributed by atoms with E-state index < -0.39 is 0 Å². The molecule has 1 spiro atoms. The summed E-state index contributed by atoms with van der Waals surface area (Å²) in [5.41, 5.74) is 7.32. The van der Waals surface area contributed by atoms with Crippen molar-refractivity contribution >= 4 is 11.6 Å². The monoisotopic (exact) mass is 334 g/mol. The molecule has 0 bridgehead atoms. The van der Waals surface area contributed by atoms with E-state index in [9.17, 15) is 0 Å². The van der Waals surface area contributed by atoms with Crippen molar-refractivity contribution in [3.8, 4) is 11.1 Å². The van der Waals surface area contributed by atoms with Gasteiger partial charge in [-0.1, -0.05) is 68.8 Å². The number of hydrogen-bond donors (Lipinski definition) is 0. The van der Waals surface area contributed by atoms with Gasteiger partial charge in [-0.3, -0.25) is 0 Å². The predicted octanol–water partition coefficient (Wildman–Crippen LogP) is 6.45. The van der Waals surface area contributed by atoms with E-state index in [1.54, 1.807) is 5.56 Å². The molecular weight excluding hydrogens is 312 g/mol. The Labute approximate surface area is 149 Å². The van der Waals surface area contributed by atoms with Crippen LogP contribution in [-0.2, 0) is 5.41 Å². The van der Waals surface area contributed by atoms with Gasteiger partial charge in [-0.25, -0.2) is 0 Å². The highest BCUT2D eigenvalue weighted by molar-refractivity contribution is 6.33. The molecule has 0 radical (unpaired) electrons. The van der Waals surface area contributed by atoms with E-state index in [2.05, 4.69) is 63.2 Å². The van der Waals surface area contributed by atoms with Crippen molar-refractivity contribution in [1.82, 2.24) is 0 Å². The van der Waals surface area contributed by atoms with E-state index in [1.807, 2.05) is 0 Å². The Morgan fingerprint density at radius 1 is 0.917 bits per heavy atom. The van der Waals surface area contributed by atoms with Crippen molar-refractivity contribution in [3.63, 3.8) is 0 Å². The normalized spacial score (nSPS) is 46.1. The highest BCUT2D eigenvalue weighted by Crippen LogP contribution is 2.92. The second kappa shape index (κ2) is 3.63. The molecule has 0 heterocycles. The van der Waals surface area contributed by atoms with Crippen LogP contribution in [0.15, 0.2) is 42.5 Å². The Hall–Kier alpha value is -1.27. The fourth-order valence-electron chi connectivity index (χ4n) is 8.20. The molecule has 122 valence electrons. The van der Waals surface area contributed by atoms with E-state index >= 15 is 0 Å². The minimum Gasteiger partial charge on any atom is -0.0837 e. The maximum absolute atomic E-state index is 6.72. The summed E-state index contributed by atoms with van der Waals surface area (Å²) in [4.78, 5) is 0. The third kappa shape index (κ3) is 1.02. The van der Waals surface area contributed by atoms with Crippen LogP contribution < -0.4 is 0 Å². The molecule has 0 saturated heterocycles. The van der Waals surface area contributed by atoms with Crippen LogP contribution in [0.3, 0.4) is 0 Å². The van der Waals surface area contributed by atoms with Gasteiger partial charge in [-0.2, -0.15) is 0 Å². The highest BCUT2D eigenvalue weighted by Gasteiger charge is 2.86. The van der Waals surface area contributed by atoms with E-state index in [1.165, 1.54) is 36.0 Å². The van der Waals surface area contributed by atoms with Crippen LogP contribution in [-0.4, -0.2) is 0 Å². The lowest BCUT2D eigenvalue weighted by Gasteiger charge is -2.77. The molecule has 6 rings (SSSR count). The van der Waals surface area contributed by atoms with Crippen LogP contribution in [0.25, 0.3) is 11.1 Å². The van der Waals surface area contributed by atoms with Crippen molar-refractivity contribution in [3.05, 3.63) is 58.6 Å². The molecule has 0 aromatic heterocycles. The minimum absolute atomic E-state index is 0.166. The van der Waals surface area contributed by atoms with Crippen molar-refractivity contribution in [1.29, 1.82) is 0 Å². The molecule has 4 aliphatic rings. The molecule has 3 fully saturated rings. The maximum Gasteiger partial charge on any atom is 0.0487 e. The summed E-state index contributed by atoms with van der Waals surface area (Å²) in [6.07, 6.45) is 4.08. The molecule has 5 atom stereocenters. The van der Waals surface area contributed by atoms with Gasteiger partial charge < -0.3 is 0 Å². The van der Waals surface area contributed by atoms with E-state index in [0.29, 0.717) is 16.2 Å². The van der Waals surface area contributed by atoms with Crippen molar-refractivity contribution in [2.75, 3.05) is 0 Å². The first-order valence-corrected chi connectivity index (χ1v) is 9.66. The predicted molar refractivity (Wildman–Crippen MR) is 99.3 cm³/mol. The molecule has 5 unspecified atom stereocenters. The van der Waals surface area contributed by atoms with Gasteiger partial charge in [-0.15, -0.1) is 0 Å². The zero-order chi connectivity index (χ0) is 16.5. The summed E-state index contributed by atoms with van der Waals surface area (Å²) in [6.45, 7) is 7.70. The number of rotatable bonds is 0. The van der Waals surface area contributed by atoms with Crippen LogP contribution >= 0.6 is 11.6 Å². The molecule has 2 aromatic rings. The summed E-state index contributed by atoms with van der Waals surface area (Å²) in [5.74, 6) is 0.860. The van der Waals surface area contributed by atoms with Crippen LogP contribution in [0.4, 0.5) is 0 Å². The second-order valence-electron chi connectivity index (χ2n) is 9.49. The summed E-state index contributed by atoms with van der Waals surface area (Å²) < 4.78 is 0. The molecule has 0 nitrogen and oxygen atoms in total. The van der Waals surface area contributed by atoms with Gasteiger partial charge in [0, 0.05) is 16.0 Å². The molecular formula is C23H23Cl. The standard InChI is InChI=1S/C23H23Cl/c1-20-11-14-12-23(21(2,13-20)22(14,20)3)16-8-5-4-7-15(16)19-17(23)9-6-10-18(19)24/h4-10,14H,11-13H2,1-3H3. The quantitative estimate of drug-likeness (QED) is 0.519. The first kappa shape index (κ1) is 14.0. The van der Waals surface area contributed by atoms with Crippen LogP contribution in [0, 0.1) is 22.2 Å². The van der Waals surface area contributed by atoms with Gasteiger partial charge in [0.1, 0.15) is 0 Å². The Kier molecular flexibility index (Phi) is 2.11. The van der Waals surface area contributed by atoms with Gasteiger partial charge in [0.25, 0.3) is 0 Å². The summed E-state index contributed by atoms with van der Waals surface area (Å²) in [6, 6.07) is 15.7. The molecule has 0 N–H and O–H groups in total. The Morgan fingerprint density at radius 2 is 1.67 bits per heavy atom. The highest BCUT2D eigenvalue weighted by atomic mass is 35.5. The third-order valence-corrected chi connectivity index (χ3v) is 9.60. The van der Waals surface area contributed by atoms with Crippen LogP contribution in [0.2, 0.25) is 5.02 Å². The summed E-state index contributed by atoms with van der Waals surface area (Å²) in [5, 5.41) is 0.923. The lowest BCUT2D eigenvalue weighted by atomic mass is 9.26. The Morgan fingerprint density at radius 3 is 2.42 bits per heavy atom. The van der Waals surface area contributed by atoms with Crippen molar-refractivity contribution in [2.45, 2.75) is 45.4 Å². The molecule has 3 saturated carbocycles. The zero-order valence-corrected chi connectivity index (χ0v) is 15.4. The largest absolute Gasteiger partial charge is 0.0837 e. The van der Waals surface area contributed by atoms with Gasteiger partial charge >= 0.3 is 0 Å². The first-order valence-electron chi connectivity index (χ1n) is 9.28. The maximum atomic E-state index is 6.72. The smallest absolute Gasteiger partial charge is 0.0487 e. The van der Waals surface area contributed by atoms with Crippen LogP contribution in [0.5, 0.6) is 0 Å². The zero-order valence-electron chi connectivity index (χ0n) is 14.6. The average Bonchev–Trinajstić information content (AvgIpc) is 2.86. The fourth-order valence-corrected chi connectivity index (χ4v) is 8.48. The van der Waals surface area contributed by atoms with E-state index in [0.717, 1.165) is 10.9 Å². The number of hydrogen-bond acceptors (Lipinski definition) is 0. The Balaban J connectivity index is 1.74. The molecule has 24 heavy (non-hydrogen) atoms. The third-order valence-electron chi connectivity index (χ3n) is 9.28. The molecule has 0 amide bonds. The molecule has 1 heteroatoms. The first-order chi connectivity index (χ1) is 11.4. The number of fused-ring (bicyclic) bond motifs is 6. The lowest BCUT2D eigenvalue weighted by molar-refractivity contribution is -0.281. The SMILES string of the molecule is CC12CC3CC4(c5ccccc5-c5c(Cl)cccc54)C(C)(C1)C32C. The summed E-state index contributed by atoms with van der Waals surface area (Å²) >= 11 is 6.72. The minimum atomic E-state index is 0.166. The van der Waals surface area contributed by atoms with E-state index in [-0.39, 0.29) is 5.41 Å². The second-order valence-corrected chi connectivity index (χ2v) is 9.90. The van der Waals surface area contributed by atoms with Crippen molar-refractivity contribution in [2.24, 2.45) is 22.2 Å².